The highest BCUT2D eigenvalue weighted by Crippen LogP contribution is 2.09. The predicted octanol–water partition coefficient (Wildman–Crippen LogP) is 2.51. The lowest BCUT2D eigenvalue weighted by Gasteiger charge is -2.25. The molecule has 5 heteroatoms. The fourth-order valence-electron chi connectivity index (χ4n) is 1.66. The first-order valence-corrected chi connectivity index (χ1v) is 6.75. The smallest absolute Gasteiger partial charge is 0.323 e. The number of hydroxylamine groups is 2. The van der Waals surface area contributed by atoms with Crippen molar-refractivity contribution < 1.29 is 19.5 Å². The van der Waals surface area contributed by atoms with Gasteiger partial charge in [-0.2, -0.15) is 5.06 Å². The van der Waals surface area contributed by atoms with Crippen molar-refractivity contribution >= 4 is 12.3 Å². The average Bonchev–Trinajstić information content (AvgIpc) is 2.47. The van der Waals surface area contributed by atoms with Gasteiger partial charge in [0.2, 0.25) is 0 Å². The Hall–Kier alpha value is -1.72. The van der Waals surface area contributed by atoms with Crippen LogP contribution < -0.4 is 0 Å². The van der Waals surface area contributed by atoms with Crippen LogP contribution in [-0.2, 0) is 16.2 Å². The summed E-state index contributed by atoms with van der Waals surface area (Å²) in [4.78, 5) is 27.2. The van der Waals surface area contributed by atoms with Crippen LogP contribution in [0.1, 0.15) is 42.6 Å². The summed E-state index contributed by atoms with van der Waals surface area (Å²) in [5.41, 5.74) is 1.50. The average molecular weight is 279 g/mol. The number of carbonyl (C=O) groups is 2. The number of benzene rings is 1. The lowest BCUT2D eigenvalue weighted by molar-refractivity contribution is -0.203. The molecule has 20 heavy (non-hydrogen) atoms. The quantitative estimate of drug-likeness (QED) is 0.555. The van der Waals surface area contributed by atoms with Crippen molar-refractivity contribution in [3.63, 3.8) is 0 Å². The maximum absolute atomic E-state index is 11.0. The number of carboxylic acid groups (broad SMARTS) is 1. The minimum absolute atomic E-state index is 0.292. The van der Waals surface area contributed by atoms with E-state index in [0.29, 0.717) is 18.7 Å². The number of hydrogen-bond acceptors (Lipinski definition) is 4. The van der Waals surface area contributed by atoms with E-state index in [0.717, 1.165) is 24.7 Å². The molecule has 0 saturated carbocycles. The summed E-state index contributed by atoms with van der Waals surface area (Å²) in [5, 5.41) is 10.6. The summed E-state index contributed by atoms with van der Waals surface area (Å²) in [5.74, 6) is -0.905. The minimum Gasteiger partial charge on any atom is -0.480 e. The highest BCUT2D eigenvalue weighted by Gasteiger charge is 2.20. The van der Waals surface area contributed by atoms with Crippen LogP contribution in [0.3, 0.4) is 0 Å². The van der Waals surface area contributed by atoms with Crippen LogP contribution in [0.2, 0.25) is 0 Å². The third-order valence-corrected chi connectivity index (χ3v) is 3.03. The molecule has 0 aliphatic rings. The van der Waals surface area contributed by atoms with Gasteiger partial charge in [-0.05, 0) is 18.9 Å². The molecule has 0 fully saturated rings. The lowest BCUT2D eigenvalue weighted by Crippen LogP contribution is -2.39. The highest BCUT2D eigenvalue weighted by molar-refractivity contribution is 5.74. The van der Waals surface area contributed by atoms with Gasteiger partial charge in [-0.3, -0.25) is 14.4 Å². The SMILES string of the molecule is CCCCN(OCc1ccc(C=O)cc1)C(C)C(=O)O. The summed E-state index contributed by atoms with van der Waals surface area (Å²) in [7, 11) is 0. The van der Waals surface area contributed by atoms with Gasteiger partial charge in [0.25, 0.3) is 0 Å². The maximum atomic E-state index is 11.0. The summed E-state index contributed by atoms with van der Waals surface area (Å²) in [6.45, 7) is 4.52. The largest absolute Gasteiger partial charge is 0.480 e. The van der Waals surface area contributed by atoms with E-state index in [4.69, 9.17) is 9.94 Å². The van der Waals surface area contributed by atoms with Gasteiger partial charge >= 0.3 is 5.97 Å². The van der Waals surface area contributed by atoms with E-state index in [1.54, 1.807) is 31.2 Å². The molecule has 0 spiro atoms. The Morgan fingerprint density at radius 3 is 2.55 bits per heavy atom. The molecule has 0 amide bonds. The summed E-state index contributed by atoms with van der Waals surface area (Å²) in [6.07, 6.45) is 2.63. The van der Waals surface area contributed by atoms with Gasteiger partial charge in [-0.1, -0.05) is 37.6 Å². The zero-order valence-electron chi connectivity index (χ0n) is 11.9. The molecular formula is C15H21NO4. The molecular weight excluding hydrogens is 258 g/mol. The second-order valence-electron chi connectivity index (χ2n) is 4.64. The normalized spacial score (nSPS) is 12.3. The predicted molar refractivity (Wildman–Crippen MR) is 75.3 cm³/mol. The molecule has 0 aliphatic carbocycles. The van der Waals surface area contributed by atoms with Crippen molar-refractivity contribution in [1.82, 2.24) is 5.06 Å². The zero-order chi connectivity index (χ0) is 15.0. The minimum atomic E-state index is -0.905. The number of unbranched alkanes of at least 4 members (excludes halogenated alkanes) is 1. The molecule has 1 atom stereocenters. The number of carboxylic acids is 1. The summed E-state index contributed by atoms with van der Waals surface area (Å²) in [6, 6.07) is 6.34. The van der Waals surface area contributed by atoms with E-state index >= 15 is 0 Å². The Balaban J connectivity index is 2.59. The molecule has 0 saturated heterocycles. The van der Waals surface area contributed by atoms with Crippen molar-refractivity contribution in [2.75, 3.05) is 6.54 Å². The van der Waals surface area contributed by atoms with Gasteiger partial charge < -0.3 is 5.11 Å². The van der Waals surface area contributed by atoms with Gasteiger partial charge in [-0.15, -0.1) is 0 Å². The van der Waals surface area contributed by atoms with E-state index in [1.165, 1.54) is 5.06 Å². The molecule has 110 valence electrons. The van der Waals surface area contributed by atoms with Gasteiger partial charge in [0, 0.05) is 12.1 Å². The molecule has 1 unspecified atom stereocenters. The Kier molecular flexibility index (Phi) is 6.90. The van der Waals surface area contributed by atoms with Crippen LogP contribution >= 0.6 is 0 Å². The third kappa shape index (κ3) is 5.11. The number of aldehydes is 1. The van der Waals surface area contributed by atoms with Gasteiger partial charge in [0.15, 0.2) is 0 Å². The second kappa shape index (κ2) is 8.45. The Morgan fingerprint density at radius 2 is 2.05 bits per heavy atom. The monoisotopic (exact) mass is 279 g/mol. The van der Waals surface area contributed by atoms with E-state index in [9.17, 15) is 9.59 Å². The molecule has 1 aromatic rings. The first-order valence-electron chi connectivity index (χ1n) is 6.75. The molecule has 5 nitrogen and oxygen atoms in total. The topological polar surface area (TPSA) is 66.8 Å². The first-order chi connectivity index (χ1) is 9.58. The van der Waals surface area contributed by atoms with E-state index in [1.807, 2.05) is 6.92 Å². The van der Waals surface area contributed by atoms with E-state index in [-0.39, 0.29) is 0 Å². The van der Waals surface area contributed by atoms with Crippen LogP contribution in [0.25, 0.3) is 0 Å². The van der Waals surface area contributed by atoms with Crippen LogP contribution in [0.4, 0.5) is 0 Å². The lowest BCUT2D eigenvalue weighted by atomic mass is 10.2. The van der Waals surface area contributed by atoms with Gasteiger partial charge in [0.05, 0.1) is 6.61 Å². The number of rotatable bonds is 9. The Morgan fingerprint density at radius 1 is 1.40 bits per heavy atom. The fourth-order valence-corrected chi connectivity index (χ4v) is 1.66. The fraction of sp³-hybridized carbons (Fsp3) is 0.467. The van der Waals surface area contributed by atoms with Crippen LogP contribution in [0.5, 0.6) is 0 Å². The molecule has 0 heterocycles. The molecule has 0 aromatic heterocycles. The Labute approximate surface area is 119 Å². The molecule has 1 aromatic carbocycles. The standard InChI is InChI=1S/C15H21NO4/c1-3-4-9-16(12(2)15(18)19)20-11-14-7-5-13(10-17)6-8-14/h5-8,10,12H,3-4,9,11H2,1-2H3,(H,18,19). The van der Waals surface area contributed by atoms with E-state index in [2.05, 4.69) is 0 Å². The van der Waals surface area contributed by atoms with Crippen LogP contribution in [0, 0.1) is 0 Å². The Bertz CT molecular complexity index is 430. The van der Waals surface area contributed by atoms with Crippen molar-refractivity contribution in [1.29, 1.82) is 0 Å². The molecule has 0 bridgehead atoms. The number of aliphatic carboxylic acids is 1. The molecule has 1 N–H and O–H groups in total. The van der Waals surface area contributed by atoms with E-state index < -0.39 is 12.0 Å². The van der Waals surface area contributed by atoms with Crippen molar-refractivity contribution in [2.24, 2.45) is 0 Å². The third-order valence-electron chi connectivity index (χ3n) is 3.03. The van der Waals surface area contributed by atoms with Crippen LogP contribution in [-0.4, -0.2) is 35.0 Å². The highest BCUT2D eigenvalue weighted by atomic mass is 16.7. The first kappa shape index (κ1) is 16.3. The summed E-state index contributed by atoms with van der Waals surface area (Å²) < 4.78 is 0. The van der Waals surface area contributed by atoms with Gasteiger partial charge in [0.1, 0.15) is 12.3 Å². The molecule has 0 aliphatic heterocycles. The van der Waals surface area contributed by atoms with Crippen molar-refractivity contribution in [2.45, 2.75) is 39.3 Å². The number of hydrogen-bond donors (Lipinski definition) is 1. The second-order valence-corrected chi connectivity index (χ2v) is 4.64. The molecule has 1 rings (SSSR count). The van der Waals surface area contributed by atoms with Crippen LogP contribution in [0.15, 0.2) is 24.3 Å². The zero-order valence-corrected chi connectivity index (χ0v) is 11.9. The summed E-state index contributed by atoms with van der Waals surface area (Å²) >= 11 is 0. The van der Waals surface area contributed by atoms with Gasteiger partial charge in [-0.25, -0.2) is 0 Å². The molecule has 0 radical (unpaired) electrons. The number of carbonyl (C=O) groups excluding carboxylic acids is 1. The van der Waals surface area contributed by atoms with Crippen molar-refractivity contribution in [3.05, 3.63) is 35.4 Å². The number of nitrogens with zero attached hydrogens (tertiary/aromatic N) is 1. The van der Waals surface area contributed by atoms with Crippen molar-refractivity contribution in [3.8, 4) is 0 Å². The maximum Gasteiger partial charge on any atom is 0.323 e.